The molecule has 2 N–H and O–H groups in total. The van der Waals surface area contributed by atoms with Crippen LogP contribution in [0.15, 0.2) is 24.3 Å². The van der Waals surface area contributed by atoms with Crippen LogP contribution < -0.4 is 15.4 Å². The molecule has 1 aliphatic heterocycles. The second kappa shape index (κ2) is 10.4. The van der Waals surface area contributed by atoms with Crippen LogP contribution in [0, 0.1) is 0 Å². The number of anilines is 1. The van der Waals surface area contributed by atoms with Crippen molar-refractivity contribution in [1.82, 2.24) is 5.32 Å². The molecule has 1 atom stereocenters. The van der Waals surface area contributed by atoms with E-state index >= 15 is 0 Å². The number of nitrogens with one attached hydrogen (secondary N) is 2. The minimum absolute atomic E-state index is 0. The van der Waals surface area contributed by atoms with Crippen molar-refractivity contribution in [3.05, 3.63) is 24.3 Å². The van der Waals surface area contributed by atoms with Gasteiger partial charge in [0.05, 0.1) is 26.4 Å². The lowest BCUT2D eigenvalue weighted by molar-refractivity contribution is -0.115. The number of rotatable bonds is 8. The number of ether oxygens (including phenoxy) is 3. The van der Waals surface area contributed by atoms with E-state index in [9.17, 15) is 4.79 Å². The van der Waals surface area contributed by atoms with E-state index in [-0.39, 0.29) is 31.0 Å². The van der Waals surface area contributed by atoms with Crippen LogP contribution in [0.1, 0.15) is 6.42 Å². The van der Waals surface area contributed by atoms with Gasteiger partial charge in [0, 0.05) is 25.8 Å². The molecule has 7 heteroatoms. The van der Waals surface area contributed by atoms with Crippen LogP contribution >= 0.6 is 12.4 Å². The molecule has 0 aromatic heterocycles. The van der Waals surface area contributed by atoms with E-state index in [0.29, 0.717) is 19.8 Å². The van der Waals surface area contributed by atoms with Gasteiger partial charge in [0.15, 0.2) is 0 Å². The topological polar surface area (TPSA) is 68.8 Å². The standard InChI is InChI=1S/C15H22N2O4.ClH/c1-19-9-7-16-10-15(18)17-12-2-4-13(5-3-12)21-14-6-8-20-11-14;/h2-5,14,16H,6-11H2,1H3,(H,17,18);1H. The largest absolute Gasteiger partial charge is 0.488 e. The van der Waals surface area contributed by atoms with E-state index < -0.39 is 0 Å². The van der Waals surface area contributed by atoms with Crippen molar-refractivity contribution in [2.75, 3.05) is 45.3 Å². The molecule has 1 heterocycles. The van der Waals surface area contributed by atoms with E-state index in [1.54, 1.807) is 7.11 Å². The van der Waals surface area contributed by atoms with Gasteiger partial charge in [0.2, 0.25) is 5.91 Å². The fourth-order valence-electron chi connectivity index (χ4n) is 2.00. The molecule has 6 nitrogen and oxygen atoms in total. The van der Waals surface area contributed by atoms with Crippen molar-refractivity contribution in [2.24, 2.45) is 0 Å². The Kier molecular flexibility index (Phi) is 8.84. The van der Waals surface area contributed by atoms with Crippen molar-refractivity contribution in [1.29, 1.82) is 0 Å². The Hall–Kier alpha value is -1.34. The molecule has 0 spiro atoms. The zero-order valence-electron chi connectivity index (χ0n) is 12.7. The van der Waals surface area contributed by atoms with Crippen LogP contribution in [-0.4, -0.2) is 52.0 Å². The van der Waals surface area contributed by atoms with Crippen LogP contribution in [0.25, 0.3) is 0 Å². The molecule has 0 radical (unpaired) electrons. The second-order valence-corrected chi connectivity index (χ2v) is 4.85. The summed E-state index contributed by atoms with van der Waals surface area (Å²) < 4.78 is 15.9. The van der Waals surface area contributed by atoms with E-state index in [4.69, 9.17) is 14.2 Å². The van der Waals surface area contributed by atoms with E-state index in [2.05, 4.69) is 10.6 Å². The number of benzene rings is 1. The smallest absolute Gasteiger partial charge is 0.238 e. The third-order valence-electron chi connectivity index (χ3n) is 3.10. The fraction of sp³-hybridized carbons (Fsp3) is 0.533. The third-order valence-corrected chi connectivity index (χ3v) is 3.10. The summed E-state index contributed by atoms with van der Waals surface area (Å²) in [4.78, 5) is 11.7. The predicted molar refractivity (Wildman–Crippen MR) is 86.9 cm³/mol. The Balaban J connectivity index is 0.00000242. The second-order valence-electron chi connectivity index (χ2n) is 4.85. The molecule has 0 aliphatic carbocycles. The van der Waals surface area contributed by atoms with Crippen molar-refractivity contribution in [3.8, 4) is 5.75 Å². The summed E-state index contributed by atoms with van der Waals surface area (Å²) in [5, 5.41) is 5.81. The monoisotopic (exact) mass is 330 g/mol. The predicted octanol–water partition coefficient (Wildman–Crippen LogP) is 1.45. The highest BCUT2D eigenvalue weighted by molar-refractivity contribution is 5.92. The van der Waals surface area contributed by atoms with Crippen LogP contribution in [0.4, 0.5) is 5.69 Å². The molecule has 1 aromatic rings. The molecule has 124 valence electrons. The molecule has 22 heavy (non-hydrogen) atoms. The Morgan fingerprint density at radius 3 is 2.77 bits per heavy atom. The van der Waals surface area contributed by atoms with E-state index in [1.807, 2.05) is 24.3 Å². The van der Waals surface area contributed by atoms with Gasteiger partial charge in [-0.2, -0.15) is 0 Å². The van der Waals surface area contributed by atoms with Crippen LogP contribution in [0.3, 0.4) is 0 Å². The van der Waals surface area contributed by atoms with Crippen LogP contribution in [0.5, 0.6) is 5.75 Å². The summed E-state index contributed by atoms with van der Waals surface area (Å²) >= 11 is 0. The molecule has 1 aliphatic rings. The number of amides is 1. The SMILES string of the molecule is COCCNCC(=O)Nc1ccc(OC2CCOC2)cc1.Cl. The normalized spacial score (nSPS) is 16.9. The molecule has 0 bridgehead atoms. The number of carbonyl (C=O) groups excluding carboxylic acids is 1. The summed E-state index contributed by atoms with van der Waals surface area (Å²) in [7, 11) is 1.63. The maximum absolute atomic E-state index is 11.7. The number of hydrogen-bond acceptors (Lipinski definition) is 5. The summed E-state index contributed by atoms with van der Waals surface area (Å²) in [5.74, 6) is 0.714. The number of carbonyl (C=O) groups is 1. The van der Waals surface area contributed by atoms with Gasteiger partial charge in [-0.25, -0.2) is 0 Å². The summed E-state index contributed by atoms with van der Waals surface area (Å²) in [6.07, 6.45) is 1.06. The molecule has 1 unspecified atom stereocenters. The lowest BCUT2D eigenvalue weighted by atomic mass is 10.2. The van der Waals surface area contributed by atoms with Crippen molar-refractivity contribution in [2.45, 2.75) is 12.5 Å². The van der Waals surface area contributed by atoms with Crippen molar-refractivity contribution >= 4 is 24.0 Å². The minimum Gasteiger partial charge on any atom is -0.488 e. The van der Waals surface area contributed by atoms with Crippen LogP contribution in [-0.2, 0) is 14.3 Å². The molecule has 1 amide bonds. The average Bonchev–Trinajstić information content (AvgIpc) is 2.99. The first-order valence-corrected chi connectivity index (χ1v) is 7.12. The maximum Gasteiger partial charge on any atom is 0.238 e. The first-order valence-electron chi connectivity index (χ1n) is 7.12. The molecule has 2 rings (SSSR count). The van der Waals surface area contributed by atoms with Gasteiger partial charge in [-0.05, 0) is 24.3 Å². The van der Waals surface area contributed by atoms with Gasteiger partial charge in [-0.15, -0.1) is 12.4 Å². The van der Waals surface area contributed by atoms with Gasteiger partial charge in [0.25, 0.3) is 0 Å². The molecule has 1 aromatic carbocycles. The molecule has 1 fully saturated rings. The number of hydrogen-bond donors (Lipinski definition) is 2. The van der Waals surface area contributed by atoms with Gasteiger partial charge in [0.1, 0.15) is 11.9 Å². The Morgan fingerprint density at radius 1 is 1.36 bits per heavy atom. The van der Waals surface area contributed by atoms with Gasteiger partial charge in [-0.3, -0.25) is 4.79 Å². The summed E-state index contributed by atoms with van der Waals surface area (Å²) in [6.45, 7) is 2.91. The third kappa shape index (κ3) is 6.62. The first kappa shape index (κ1) is 18.7. The zero-order chi connectivity index (χ0) is 14.9. The van der Waals surface area contributed by atoms with Crippen molar-refractivity contribution < 1.29 is 19.0 Å². The minimum atomic E-state index is -0.0797. The Bertz CT molecular complexity index is 436. The first-order chi connectivity index (χ1) is 10.3. The van der Waals surface area contributed by atoms with Crippen LogP contribution in [0.2, 0.25) is 0 Å². The van der Waals surface area contributed by atoms with Gasteiger partial charge in [-0.1, -0.05) is 0 Å². The highest BCUT2D eigenvalue weighted by atomic mass is 35.5. The fourth-order valence-corrected chi connectivity index (χ4v) is 2.00. The molecule has 1 saturated heterocycles. The van der Waals surface area contributed by atoms with Gasteiger partial charge >= 0.3 is 0 Å². The van der Waals surface area contributed by atoms with E-state index in [1.165, 1.54) is 0 Å². The Morgan fingerprint density at radius 2 is 2.14 bits per heavy atom. The molecular formula is C15H23ClN2O4. The van der Waals surface area contributed by atoms with Crippen molar-refractivity contribution in [3.63, 3.8) is 0 Å². The molecule has 0 saturated carbocycles. The van der Waals surface area contributed by atoms with E-state index in [0.717, 1.165) is 24.5 Å². The van der Waals surface area contributed by atoms with Gasteiger partial charge < -0.3 is 24.8 Å². The summed E-state index contributed by atoms with van der Waals surface area (Å²) in [5.41, 5.74) is 0.753. The Labute approximate surface area is 136 Å². The summed E-state index contributed by atoms with van der Waals surface area (Å²) in [6, 6.07) is 7.37. The maximum atomic E-state index is 11.7. The lowest BCUT2D eigenvalue weighted by Crippen LogP contribution is -2.30. The quantitative estimate of drug-likeness (QED) is 0.706. The lowest BCUT2D eigenvalue weighted by Gasteiger charge is -2.12. The zero-order valence-corrected chi connectivity index (χ0v) is 13.5. The average molecular weight is 331 g/mol. The molecular weight excluding hydrogens is 308 g/mol. The highest BCUT2D eigenvalue weighted by Crippen LogP contribution is 2.19. The number of halogens is 1. The number of methoxy groups -OCH3 is 1. The highest BCUT2D eigenvalue weighted by Gasteiger charge is 2.16.